The Balaban J connectivity index is 3.20. The third-order valence-corrected chi connectivity index (χ3v) is 1.24. The first-order valence-electron chi connectivity index (χ1n) is 3.50. The van der Waals surface area contributed by atoms with Crippen LogP contribution in [0.1, 0.15) is 19.3 Å². The molecule has 0 aromatic heterocycles. The molecule has 0 aliphatic carbocycles. The summed E-state index contributed by atoms with van der Waals surface area (Å²) in [5.74, 6) is 0.0417. The number of hydrogen-bond acceptors (Lipinski definition) is 3. The van der Waals surface area contributed by atoms with Gasteiger partial charge in [-0.15, -0.1) is 0 Å². The average molecular weight is 153 g/mol. The van der Waals surface area contributed by atoms with Gasteiger partial charge in [0, 0.05) is 6.42 Å². The number of unbranched alkanes of at least 4 members (excludes halogenated alkanes) is 1. The van der Waals surface area contributed by atoms with Gasteiger partial charge < -0.3 is 0 Å². The van der Waals surface area contributed by atoms with Gasteiger partial charge in [0.15, 0.2) is 5.78 Å². The van der Waals surface area contributed by atoms with Crippen molar-refractivity contribution in [3.8, 4) is 0 Å². The lowest BCUT2D eigenvalue weighted by Crippen LogP contribution is -1.92. The number of ketones is 1. The summed E-state index contributed by atoms with van der Waals surface area (Å²) in [6, 6.07) is 0. The third kappa shape index (κ3) is 6.68. The lowest BCUT2D eigenvalue weighted by molar-refractivity contribution is -0.114. The lowest BCUT2D eigenvalue weighted by atomic mass is 10.2. The average Bonchev–Trinajstić information content (AvgIpc) is 2.04. The second kappa shape index (κ2) is 6.90. The molecule has 0 spiro atoms. The number of hydrogen-bond donors (Lipinski definition) is 0. The van der Waals surface area contributed by atoms with Crippen molar-refractivity contribution in [2.24, 2.45) is 4.99 Å². The monoisotopic (exact) mass is 153 g/mol. The molecule has 3 nitrogen and oxygen atoms in total. The summed E-state index contributed by atoms with van der Waals surface area (Å²) >= 11 is 0. The van der Waals surface area contributed by atoms with Crippen LogP contribution in [0.2, 0.25) is 0 Å². The minimum Gasteiger partial charge on any atom is -0.295 e. The van der Waals surface area contributed by atoms with Gasteiger partial charge in [0.2, 0.25) is 6.08 Å². The largest absolute Gasteiger partial charge is 0.295 e. The van der Waals surface area contributed by atoms with Gasteiger partial charge in [-0.3, -0.25) is 4.79 Å². The number of carbonyl (C=O) groups excluding carboxylic acids is 2. The molecule has 11 heavy (non-hydrogen) atoms. The summed E-state index contributed by atoms with van der Waals surface area (Å²) in [4.78, 5) is 23.6. The topological polar surface area (TPSA) is 46.5 Å². The Kier molecular flexibility index (Phi) is 6.14. The number of rotatable bonds is 6. The van der Waals surface area contributed by atoms with Gasteiger partial charge in [0.05, 0.1) is 6.54 Å². The molecular formula is C8H11NO2. The van der Waals surface area contributed by atoms with Gasteiger partial charge in [-0.1, -0.05) is 6.58 Å². The van der Waals surface area contributed by atoms with E-state index in [2.05, 4.69) is 11.6 Å². The number of nitrogens with zero attached hydrogens (tertiary/aromatic N) is 1. The van der Waals surface area contributed by atoms with Crippen molar-refractivity contribution in [2.75, 3.05) is 6.54 Å². The fraction of sp³-hybridized carbons (Fsp3) is 0.500. The fourth-order valence-electron chi connectivity index (χ4n) is 0.638. The van der Waals surface area contributed by atoms with Crippen molar-refractivity contribution in [2.45, 2.75) is 19.3 Å². The van der Waals surface area contributed by atoms with Gasteiger partial charge in [-0.05, 0) is 18.9 Å². The van der Waals surface area contributed by atoms with E-state index in [4.69, 9.17) is 0 Å². The van der Waals surface area contributed by atoms with Crippen molar-refractivity contribution in [3.63, 3.8) is 0 Å². The van der Waals surface area contributed by atoms with Crippen LogP contribution in [-0.4, -0.2) is 18.4 Å². The molecule has 0 atom stereocenters. The van der Waals surface area contributed by atoms with E-state index < -0.39 is 0 Å². The molecule has 0 rings (SSSR count). The zero-order valence-electron chi connectivity index (χ0n) is 6.38. The third-order valence-electron chi connectivity index (χ3n) is 1.24. The number of carbonyl (C=O) groups is 1. The summed E-state index contributed by atoms with van der Waals surface area (Å²) < 4.78 is 0. The molecule has 0 saturated carbocycles. The summed E-state index contributed by atoms with van der Waals surface area (Å²) in [5.41, 5.74) is 0. The van der Waals surface area contributed by atoms with Crippen molar-refractivity contribution < 1.29 is 9.59 Å². The molecule has 0 aliphatic heterocycles. The lowest BCUT2D eigenvalue weighted by Gasteiger charge is -1.91. The maximum atomic E-state index is 10.6. The quantitative estimate of drug-likeness (QED) is 0.249. The van der Waals surface area contributed by atoms with E-state index in [9.17, 15) is 9.59 Å². The molecule has 0 bridgehead atoms. The Morgan fingerprint density at radius 2 is 2.27 bits per heavy atom. The van der Waals surface area contributed by atoms with Crippen LogP contribution in [0.25, 0.3) is 0 Å². The first kappa shape index (κ1) is 9.79. The molecule has 0 saturated heterocycles. The van der Waals surface area contributed by atoms with Gasteiger partial charge in [0.1, 0.15) is 0 Å². The van der Waals surface area contributed by atoms with E-state index in [-0.39, 0.29) is 5.78 Å². The van der Waals surface area contributed by atoms with Crippen LogP contribution in [0, 0.1) is 0 Å². The number of allylic oxidation sites excluding steroid dienone is 1. The number of isocyanates is 1. The molecule has 0 radical (unpaired) electrons. The van der Waals surface area contributed by atoms with Crippen LogP contribution < -0.4 is 0 Å². The maximum Gasteiger partial charge on any atom is 0.234 e. The van der Waals surface area contributed by atoms with Crippen LogP contribution in [0.3, 0.4) is 0 Å². The highest BCUT2D eigenvalue weighted by atomic mass is 16.1. The van der Waals surface area contributed by atoms with E-state index in [1.807, 2.05) is 0 Å². The van der Waals surface area contributed by atoms with E-state index >= 15 is 0 Å². The molecule has 0 N–H and O–H groups in total. The van der Waals surface area contributed by atoms with E-state index in [1.165, 1.54) is 12.2 Å². The standard InChI is InChI=1S/C8H11NO2/c1-2-8(11)5-3-4-6-9-7-10/h2H,1,3-6H2. The van der Waals surface area contributed by atoms with Gasteiger partial charge >= 0.3 is 0 Å². The van der Waals surface area contributed by atoms with Crippen molar-refractivity contribution in [3.05, 3.63) is 12.7 Å². The smallest absolute Gasteiger partial charge is 0.234 e. The molecule has 0 unspecified atom stereocenters. The minimum absolute atomic E-state index is 0.0417. The van der Waals surface area contributed by atoms with Crippen molar-refractivity contribution in [1.29, 1.82) is 0 Å². The molecule has 0 aliphatic rings. The second-order valence-electron chi connectivity index (χ2n) is 2.10. The van der Waals surface area contributed by atoms with Crippen LogP contribution >= 0.6 is 0 Å². The van der Waals surface area contributed by atoms with Crippen LogP contribution in [0.5, 0.6) is 0 Å². The highest BCUT2D eigenvalue weighted by molar-refractivity contribution is 5.88. The normalized spacial score (nSPS) is 8.36. The molecule has 0 aromatic carbocycles. The second-order valence-corrected chi connectivity index (χ2v) is 2.10. The van der Waals surface area contributed by atoms with Gasteiger partial charge in [-0.25, -0.2) is 9.79 Å². The molecule has 60 valence electrons. The van der Waals surface area contributed by atoms with Crippen molar-refractivity contribution >= 4 is 11.9 Å². The van der Waals surface area contributed by atoms with Crippen LogP contribution in [-0.2, 0) is 9.59 Å². The minimum atomic E-state index is 0.0417. The maximum absolute atomic E-state index is 10.6. The fourth-order valence-corrected chi connectivity index (χ4v) is 0.638. The molecule has 0 fully saturated rings. The Morgan fingerprint density at radius 1 is 1.55 bits per heavy atom. The Bertz CT molecular complexity index is 181. The molecule has 0 aromatic rings. The van der Waals surface area contributed by atoms with Gasteiger partial charge in [-0.2, -0.15) is 0 Å². The Labute approximate surface area is 65.8 Å². The molecular weight excluding hydrogens is 142 g/mol. The highest BCUT2D eigenvalue weighted by Gasteiger charge is 1.93. The van der Waals surface area contributed by atoms with Crippen molar-refractivity contribution in [1.82, 2.24) is 0 Å². The first-order valence-corrected chi connectivity index (χ1v) is 3.50. The Hall–Kier alpha value is -1.21. The molecule has 3 heteroatoms. The first-order chi connectivity index (χ1) is 5.31. The summed E-state index contributed by atoms with van der Waals surface area (Å²) in [7, 11) is 0. The zero-order chi connectivity index (χ0) is 8.53. The van der Waals surface area contributed by atoms with E-state index in [1.54, 1.807) is 0 Å². The highest BCUT2D eigenvalue weighted by Crippen LogP contribution is 1.96. The van der Waals surface area contributed by atoms with E-state index in [0.29, 0.717) is 13.0 Å². The zero-order valence-corrected chi connectivity index (χ0v) is 6.38. The molecule has 0 heterocycles. The van der Waals surface area contributed by atoms with Crippen LogP contribution in [0.15, 0.2) is 17.6 Å². The summed E-state index contributed by atoms with van der Waals surface area (Å²) in [6.07, 6.45) is 4.76. The SMILES string of the molecule is C=CC(=O)CCCCN=C=O. The van der Waals surface area contributed by atoms with Crippen LogP contribution in [0.4, 0.5) is 0 Å². The van der Waals surface area contributed by atoms with Gasteiger partial charge in [0.25, 0.3) is 0 Å². The molecule has 0 amide bonds. The Morgan fingerprint density at radius 3 is 2.82 bits per heavy atom. The summed E-state index contributed by atoms with van der Waals surface area (Å²) in [5, 5.41) is 0. The number of aliphatic imine (C=N–C) groups is 1. The summed E-state index contributed by atoms with van der Waals surface area (Å²) in [6.45, 7) is 3.81. The van der Waals surface area contributed by atoms with E-state index in [0.717, 1.165) is 12.8 Å². The predicted molar refractivity (Wildman–Crippen MR) is 42.0 cm³/mol. The predicted octanol–water partition coefficient (Wildman–Crippen LogP) is 1.25.